The lowest BCUT2D eigenvalue weighted by Crippen LogP contribution is -2.45. The monoisotopic (exact) mass is 256 g/mol. The number of esters is 1. The average Bonchev–Trinajstić information content (AvgIpc) is 2.37. The summed E-state index contributed by atoms with van der Waals surface area (Å²) in [5.41, 5.74) is -0.294. The van der Waals surface area contributed by atoms with Crippen LogP contribution in [0.15, 0.2) is 0 Å². The zero-order valence-corrected chi connectivity index (χ0v) is 12.1. The number of piperazine rings is 1. The first-order valence-corrected chi connectivity index (χ1v) is 7.22. The average molecular weight is 256 g/mol. The molecule has 0 bridgehead atoms. The van der Waals surface area contributed by atoms with E-state index in [-0.39, 0.29) is 11.4 Å². The van der Waals surface area contributed by atoms with Gasteiger partial charge in [-0.25, -0.2) is 0 Å². The Bertz CT molecular complexity index is 244. The summed E-state index contributed by atoms with van der Waals surface area (Å²) in [6.07, 6.45) is 3.89. The molecule has 4 nitrogen and oxygen atoms in total. The number of hydrogen-bond donors (Lipinski definition) is 1. The maximum atomic E-state index is 12.2. The van der Waals surface area contributed by atoms with Gasteiger partial charge < -0.3 is 10.1 Å². The van der Waals surface area contributed by atoms with Gasteiger partial charge in [-0.1, -0.05) is 26.7 Å². The van der Waals surface area contributed by atoms with Gasteiger partial charge in [-0.15, -0.1) is 0 Å². The van der Waals surface area contributed by atoms with Crippen LogP contribution in [-0.2, 0) is 9.53 Å². The van der Waals surface area contributed by atoms with Gasteiger partial charge in [-0.2, -0.15) is 0 Å². The second kappa shape index (κ2) is 7.74. The molecule has 0 atom stereocenters. The van der Waals surface area contributed by atoms with Crippen LogP contribution in [-0.4, -0.2) is 43.8 Å². The van der Waals surface area contributed by atoms with Crippen molar-refractivity contribution in [2.45, 2.75) is 46.5 Å². The van der Waals surface area contributed by atoms with Crippen molar-refractivity contribution in [3.63, 3.8) is 0 Å². The zero-order valence-electron chi connectivity index (χ0n) is 12.1. The lowest BCUT2D eigenvalue weighted by atomic mass is 9.81. The van der Waals surface area contributed by atoms with Crippen LogP contribution < -0.4 is 5.32 Å². The van der Waals surface area contributed by atoms with Crippen LogP contribution in [0.1, 0.15) is 46.5 Å². The fourth-order valence-electron chi connectivity index (χ4n) is 2.60. The maximum Gasteiger partial charge on any atom is 0.313 e. The molecule has 1 heterocycles. The van der Waals surface area contributed by atoms with E-state index in [0.29, 0.717) is 6.73 Å². The Morgan fingerprint density at radius 2 is 1.78 bits per heavy atom. The number of nitrogens with zero attached hydrogens (tertiary/aromatic N) is 1. The van der Waals surface area contributed by atoms with Gasteiger partial charge in [0.25, 0.3) is 0 Å². The number of carbonyl (C=O) groups excluding carboxylic acids is 1. The molecule has 1 aliphatic rings. The third-order valence-electron chi connectivity index (χ3n) is 3.68. The summed E-state index contributed by atoms with van der Waals surface area (Å²) in [7, 11) is 0. The van der Waals surface area contributed by atoms with Crippen molar-refractivity contribution >= 4 is 5.97 Å². The molecule has 0 radical (unpaired) electrons. The Hall–Kier alpha value is -0.610. The molecule has 1 saturated heterocycles. The number of rotatable bonds is 7. The molecule has 0 aromatic rings. The van der Waals surface area contributed by atoms with Gasteiger partial charge in [-0.3, -0.25) is 9.69 Å². The molecular weight excluding hydrogens is 228 g/mol. The van der Waals surface area contributed by atoms with E-state index < -0.39 is 0 Å². The number of nitrogens with one attached hydrogen (secondary N) is 1. The molecule has 0 spiro atoms. The molecule has 1 N–H and O–H groups in total. The Kier molecular flexibility index (Phi) is 6.65. The third kappa shape index (κ3) is 4.58. The van der Waals surface area contributed by atoms with Gasteiger partial charge in [0.1, 0.15) is 6.73 Å². The van der Waals surface area contributed by atoms with Crippen molar-refractivity contribution < 1.29 is 9.53 Å². The van der Waals surface area contributed by atoms with Crippen LogP contribution in [0.25, 0.3) is 0 Å². The van der Waals surface area contributed by atoms with E-state index in [4.69, 9.17) is 4.74 Å². The van der Waals surface area contributed by atoms with Crippen LogP contribution in [0, 0.1) is 5.41 Å². The fourth-order valence-corrected chi connectivity index (χ4v) is 2.60. The first-order chi connectivity index (χ1) is 8.62. The molecule has 1 rings (SSSR count). The van der Waals surface area contributed by atoms with Crippen molar-refractivity contribution in [1.29, 1.82) is 0 Å². The van der Waals surface area contributed by atoms with Crippen LogP contribution in [0.5, 0.6) is 0 Å². The Balaban J connectivity index is 2.40. The largest absolute Gasteiger partial charge is 0.449 e. The first-order valence-electron chi connectivity index (χ1n) is 7.22. The summed E-state index contributed by atoms with van der Waals surface area (Å²) in [5.74, 6) is -0.0234. The van der Waals surface area contributed by atoms with Gasteiger partial charge in [0.05, 0.1) is 5.41 Å². The van der Waals surface area contributed by atoms with E-state index >= 15 is 0 Å². The zero-order chi connectivity index (χ0) is 13.4. The van der Waals surface area contributed by atoms with E-state index in [1.54, 1.807) is 0 Å². The van der Waals surface area contributed by atoms with Gasteiger partial charge in [0.2, 0.25) is 0 Å². The predicted molar refractivity (Wildman–Crippen MR) is 73.3 cm³/mol. The van der Waals surface area contributed by atoms with Crippen LogP contribution in [0.3, 0.4) is 0 Å². The minimum absolute atomic E-state index is 0.0234. The molecule has 0 amide bonds. The van der Waals surface area contributed by atoms with E-state index in [2.05, 4.69) is 24.1 Å². The molecular formula is C14H28N2O2. The summed E-state index contributed by atoms with van der Waals surface area (Å²) in [6, 6.07) is 0. The van der Waals surface area contributed by atoms with Crippen molar-refractivity contribution in [3.05, 3.63) is 0 Å². The summed E-state index contributed by atoms with van der Waals surface area (Å²) in [6.45, 7) is 10.6. The van der Waals surface area contributed by atoms with Gasteiger partial charge in [0, 0.05) is 26.2 Å². The highest BCUT2D eigenvalue weighted by molar-refractivity contribution is 5.76. The summed E-state index contributed by atoms with van der Waals surface area (Å²) < 4.78 is 5.51. The standard InChI is InChI=1S/C14H28N2O2/c1-4-6-14(3,7-5-2)13(17)18-12-16-10-8-15-9-11-16/h15H,4-12H2,1-3H3. The lowest BCUT2D eigenvalue weighted by Gasteiger charge is -2.30. The van der Waals surface area contributed by atoms with Gasteiger partial charge in [-0.05, 0) is 19.8 Å². The normalized spacial score (nSPS) is 17.7. The highest BCUT2D eigenvalue weighted by Crippen LogP contribution is 2.30. The Labute approximate surface area is 111 Å². The van der Waals surface area contributed by atoms with Gasteiger partial charge in [0.15, 0.2) is 0 Å². The minimum atomic E-state index is -0.294. The van der Waals surface area contributed by atoms with Crippen LogP contribution in [0.2, 0.25) is 0 Å². The van der Waals surface area contributed by atoms with Crippen molar-refractivity contribution in [1.82, 2.24) is 10.2 Å². The lowest BCUT2D eigenvalue weighted by molar-refractivity contribution is -0.161. The number of carbonyl (C=O) groups is 1. The molecule has 0 aromatic carbocycles. The number of hydrogen-bond acceptors (Lipinski definition) is 4. The fraction of sp³-hybridized carbons (Fsp3) is 0.929. The van der Waals surface area contributed by atoms with E-state index in [0.717, 1.165) is 51.9 Å². The van der Waals surface area contributed by atoms with E-state index in [1.807, 2.05) is 6.92 Å². The first kappa shape index (κ1) is 15.4. The van der Waals surface area contributed by atoms with E-state index in [9.17, 15) is 4.79 Å². The quantitative estimate of drug-likeness (QED) is 0.707. The minimum Gasteiger partial charge on any atom is -0.449 e. The molecule has 18 heavy (non-hydrogen) atoms. The molecule has 0 aliphatic carbocycles. The Morgan fingerprint density at radius 3 is 2.28 bits per heavy atom. The van der Waals surface area contributed by atoms with Crippen LogP contribution >= 0.6 is 0 Å². The molecule has 0 unspecified atom stereocenters. The van der Waals surface area contributed by atoms with Crippen molar-refractivity contribution in [3.8, 4) is 0 Å². The second-order valence-electron chi connectivity index (χ2n) is 5.49. The smallest absolute Gasteiger partial charge is 0.313 e. The summed E-state index contributed by atoms with van der Waals surface area (Å²) in [4.78, 5) is 14.4. The van der Waals surface area contributed by atoms with Crippen molar-refractivity contribution in [2.75, 3.05) is 32.9 Å². The van der Waals surface area contributed by atoms with Crippen molar-refractivity contribution in [2.24, 2.45) is 5.41 Å². The molecule has 1 fully saturated rings. The van der Waals surface area contributed by atoms with Gasteiger partial charge >= 0.3 is 5.97 Å². The third-order valence-corrected chi connectivity index (χ3v) is 3.68. The molecule has 0 saturated carbocycles. The van der Waals surface area contributed by atoms with E-state index in [1.165, 1.54) is 0 Å². The maximum absolute atomic E-state index is 12.2. The SMILES string of the molecule is CCCC(C)(CCC)C(=O)OCN1CCNCC1. The molecule has 106 valence electrons. The molecule has 1 aliphatic heterocycles. The summed E-state index contributed by atoms with van der Waals surface area (Å²) >= 11 is 0. The predicted octanol–water partition coefficient (Wildman–Crippen LogP) is 2.00. The van der Waals surface area contributed by atoms with Crippen LogP contribution in [0.4, 0.5) is 0 Å². The highest BCUT2D eigenvalue weighted by Gasteiger charge is 2.33. The number of ether oxygens (including phenoxy) is 1. The summed E-state index contributed by atoms with van der Waals surface area (Å²) in [5, 5.41) is 3.29. The highest BCUT2D eigenvalue weighted by atomic mass is 16.5. The topological polar surface area (TPSA) is 41.6 Å². The molecule has 0 aromatic heterocycles. The molecule has 4 heteroatoms. The second-order valence-corrected chi connectivity index (χ2v) is 5.49. The Morgan fingerprint density at radius 1 is 1.22 bits per heavy atom.